The zero-order chi connectivity index (χ0) is 18.2. The lowest BCUT2D eigenvalue weighted by atomic mass is 10.2. The first-order valence-corrected chi connectivity index (χ1v) is 9.38. The number of hydrogen-bond donors (Lipinski definition) is 0. The minimum absolute atomic E-state index is 0.262. The van der Waals surface area contributed by atoms with E-state index in [0.717, 1.165) is 23.4 Å². The molecule has 1 aromatic carbocycles. The second-order valence-corrected chi connectivity index (χ2v) is 8.07. The monoisotopic (exact) mass is 370 g/mol. The van der Waals surface area contributed by atoms with Gasteiger partial charge in [-0.1, -0.05) is 0 Å². The van der Waals surface area contributed by atoms with Crippen LogP contribution in [0.15, 0.2) is 29.3 Å². The number of aryl methyl sites for hydroxylation is 2. The van der Waals surface area contributed by atoms with Crippen molar-refractivity contribution in [2.75, 3.05) is 26.2 Å². The minimum atomic E-state index is -3.96. The highest BCUT2D eigenvalue weighted by Crippen LogP contribution is 2.22. The van der Waals surface area contributed by atoms with E-state index in [2.05, 4.69) is 10.00 Å². The molecule has 0 spiro atoms. The standard InChI is InChI=1S/C16H20F2N4O2S/c1-12-13(10-20(2)19-12)11-21-5-7-22(8-6-21)25(23,24)16-4-3-14(17)9-15(16)18/h3-4,9-10H,5-8,11H2,1-2H3. The molecule has 0 radical (unpaired) electrons. The Morgan fingerprint density at radius 3 is 2.40 bits per heavy atom. The van der Waals surface area contributed by atoms with E-state index in [1.165, 1.54) is 4.31 Å². The van der Waals surface area contributed by atoms with Crippen LogP contribution in [0.1, 0.15) is 11.3 Å². The Kier molecular flexibility index (Phi) is 4.90. The van der Waals surface area contributed by atoms with Crippen LogP contribution in [0.2, 0.25) is 0 Å². The van der Waals surface area contributed by atoms with Gasteiger partial charge < -0.3 is 0 Å². The summed E-state index contributed by atoms with van der Waals surface area (Å²) < 4.78 is 55.0. The van der Waals surface area contributed by atoms with Gasteiger partial charge in [0.1, 0.15) is 16.5 Å². The van der Waals surface area contributed by atoms with Crippen LogP contribution in [0.5, 0.6) is 0 Å². The number of sulfonamides is 1. The third kappa shape index (κ3) is 3.73. The maximum absolute atomic E-state index is 13.8. The Bertz CT molecular complexity index is 874. The Morgan fingerprint density at radius 1 is 1.16 bits per heavy atom. The fraction of sp³-hybridized carbons (Fsp3) is 0.438. The van der Waals surface area contributed by atoms with Crippen molar-refractivity contribution in [2.24, 2.45) is 7.05 Å². The van der Waals surface area contributed by atoms with Gasteiger partial charge in [-0.25, -0.2) is 17.2 Å². The molecule has 1 aliphatic rings. The highest BCUT2D eigenvalue weighted by molar-refractivity contribution is 7.89. The van der Waals surface area contributed by atoms with Crippen LogP contribution >= 0.6 is 0 Å². The third-order valence-corrected chi connectivity index (χ3v) is 6.28. The summed E-state index contributed by atoms with van der Waals surface area (Å²) in [7, 11) is -2.10. The molecule has 6 nitrogen and oxygen atoms in total. The highest BCUT2D eigenvalue weighted by atomic mass is 32.2. The first-order chi connectivity index (χ1) is 11.8. The predicted octanol–water partition coefficient (Wildman–Crippen LogP) is 1.51. The summed E-state index contributed by atoms with van der Waals surface area (Å²) in [5.74, 6) is -1.86. The van der Waals surface area contributed by atoms with Crippen LogP contribution in [-0.4, -0.2) is 53.6 Å². The molecule has 0 atom stereocenters. The lowest BCUT2D eigenvalue weighted by Crippen LogP contribution is -2.48. The molecule has 25 heavy (non-hydrogen) atoms. The Balaban J connectivity index is 1.68. The Hall–Kier alpha value is -1.84. The SMILES string of the molecule is Cc1nn(C)cc1CN1CCN(S(=O)(=O)c2ccc(F)cc2F)CC1. The van der Waals surface area contributed by atoms with Crippen LogP contribution in [0.3, 0.4) is 0 Å². The van der Waals surface area contributed by atoms with Crippen LogP contribution in [0.25, 0.3) is 0 Å². The second-order valence-electron chi connectivity index (χ2n) is 6.17. The number of benzene rings is 1. The summed E-state index contributed by atoms with van der Waals surface area (Å²) in [5.41, 5.74) is 2.05. The number of piperazine rings is 1. The van der Waals surface area contributed by atoms with Gasteiger partial charge in [0, 0.05) is 57.6 Å². The lowest BCUT2D eigenvalue weighted by Gasteiger charge is -2.33. The fourth-order valence-electron chi connectivity index (χ4n) is 3.00. The maximum atomic E-state index is 13.8. The van der Waals surface area contributed by atoms with Crippen molar-refractivity contribution >= 4 is 10.0 Å². The first-order valence-electron chi connectivity index (χ1n) is 7.94. The fourth-order valence-corrected chi connectivity index (χ4v) is 4.46. The molecule has 0 aliphatic carbocycles. The second kappa shape index (κ2) is 6.81. The van der Waals surface area contributed by atoms with Crippen molar-refractivity contribution in [3.63, 3.8) is 0 Å². The molecule has 0 amide bonds. The molecular weight excluding hydrogens is 350 g/mol. The van der Waals surface area contributed by atoms with Crippen LogP contribution in [-0.2, 0) is 23.6 Å². The van der Waals surface area contributed by atoms with E-state index >= 15 is 0 Å². The average molecular weight is 370 g/mol. The van der Waals surface area contributed by atoms with Gasteiger partial charge in [-0.2, -0.15) is 9.40 Å². The Labute approximate surface area is 145 Å². The molecule has 0 N–H and O–H groups in total. The zero-order valence-electron chi connectivity index (χ0n) is 14.1. The van der Waals surface area contributed by atoms with Gasteiger partial charge >= 0.3 is 0 Å². The van der Waals surface area contributed by atoms with Crippen LogP contribution < -0.4 is 0 Å². The summed E-state index contributed by atoms with van der Waals surface area (Å²) in [4.78, 5) is 1.65. The number of nitrogens with zero attached hydrogens (tertiary/aromatic N) is 4. The molecule has 0 unspecified atom stereocenters. The molecule has 1 saturated heterocycles. The maximum Gasteiger partial charge on any atom is 0.246 e. The van der Waals surface area contributed by atoms with Gasteiger partial charge in [0.15, 0.2) is 0 Å². The van der Waals surface area contributed by atoms with Crippen molar-refractivity contribution in [2.45, 2.75) is 18.4 Å². The highest BCUT2D eigenvalue weighted by Gasteiger charge is 2.31. The number of hydrogen-bond acceptors (Lipinski definition) is 4. The quantitative estimate of drug-likeness (QED) is 0.819. The molecule has 1 aliphatic heterocycles. The van der Waals surface area contributed by atoms with Crippen LogP contribution in [0, 0.1) is 18.6 Å². The van der Waals surface area contributed by atoms with E-state index < -0.39 is 26.6 Å². The van der Waals surface area contributed by atoms with Gasteiger partial charge in [0.05, 0.1) is 5.69 Å². The summed E-state index contributed by atoms with van der Waals surface area (Å²) in [6, 6.07) is 2.52. The van der Waals surface area contributed by atoms with Crippen molar-refractivity contribution in [1.82, 2.24) is 19.0 Å². The van der Waals surface area contributed by atoms with Gasteiger partial charge in [-0.15, -0.1) is 0 Å². The van der Waals surface area contributed by atoms with E-state index in [-0.39, 0.29) is 13.1 Å². The van der Waals surface area contributed by atoms with Crippen molar-refractivity contribution in [3.8, 4) is 0 Å². The molecule has 136 valence electrons. The molecule has 0 bridgehead atoms. The largest absolute Gasteiger partial charge is 0.296 e. The molecule has 2 heterocycles. The third-order valence-electron chi connectivity index (χ3n) is 4.35. The normalized spacial score (nSPS) is 17.1. The number of aromatic nitrogens is 2. The average Bonchev–Trinajstić information content (AvgIpc) is 2.85. The van der Waals surface area contributed by atoms with Gasteiger partial charge in [0.2, 0.25) is 10.0 Å². The summed E-state index contributed by atoms with van der Waals surface area (Å²) in [5, 5.41) is 4.30. The van der Waals surface area contributed by atoms with Gasteiger partial charge in [-0.05, 0) is 19.1 Å². The van der Waals surface area contributed by atoms with Gasteiger partial charge in [0.25, 0.3) is 0 Å². The van der Waals surface area contributed by atoms with Crippen molar-refractivity contribution in [3.05, 3.63) is 47.3 Å². The first kappa shape index (κ1) is 18.0. The summed E-state index contributed by atoms with van der Waals surface area (Å²) in [6.45, 7) is 4.23. The van der Waals surface area contributed by atoms with E-state index in [1.807, 2.05) is 20.2 Å². The lowest BCUT2D eigenvalue weighted by molar-refractivity contribution is 0.181. The molecule has 3 rings (SSSR count). The minimum Gasteiger partial charge on any atom is -0.296 e. The molecule has 0 saturated carbocycles. The van der Waals surface area contributed by atoms with Gasteiger partial charge in [-0.3, -0.25) is 9.58 Å². The van der Waals surface area contributed by atoms with Crippen molar-refractivity contribution in [1.29, 1.82) is 0 Å². The molecule has 1 aromatic heterocycles. The van der Waals surface area contributed by atoms with Crippen molar-refractivity contribution < 1.29 is 17.2 Å². The number of rotatable bonds is 4. The topological polar surface area (TPSA) is 58.4 Å². The summed E-state index contributed by atoms with van der Waals surface area (Å²) >= 11 is 0. The molecule has 1 fully saturated rings. The zero-order valence-corrected chi connectivity index (χ0v) is 14.9. The van der Waals surface area contributed by atoms with E-state index in [9.17, 15) is 17.2 Å². The smallest absolute Gasteiger partial charge is 0.246 e. The van der Waals surface area contributed by atoms with Crippen LogP contribution in [0.4, 0.5) is 8.78 Å². The molecule has 9 heteroatoms. The molecular formula is C16H20F2N4O2S. The summed E-state index contributed by atoms with van der Waals surface area (Å²) in [6.07, 6.45) is 1.95. The van der Waals surface area contributed by atoms with E-state index in [0.29, 0.717) is 25.7 Å². The van der Waals surface area contributed by atoms with E-state index in [1.54, 1.807) is 4.68 Å². The van der Waals surface area contributed by atoms with E-state index in [4.69, 9.17) is 0 Å². The Morgan fingerprint density at radius 2 is 1.84 bits per heavy atom. The number of halogens is 2. The molecule has 2 aromatic rings. The predicted molar refractivity (Wildman–Crippen MR) is 88.3 cm³/mol.